The summed E-state index contributed by atoms with van der Waals surface area (Å²) in [5.74, 6) is 2.68. The molecule has 1 aromatic rings. The van der Waals surface area contributed by atoms with Crippen molar-refractivity contribution in [2.45, 2.75) is 44.6 Å². The summed E-state index contributed by atoms with van der Waals surface area (Å²) in [6.45, 7) is 5.21. The number of benzene rings is 1. The number of hydrogen-bond acceptors (Lipinski definition) is 4. The van der Waals surface area contributed by atoms with E-state index in [0.717, 1.165) is 50.5 Å². The second-order valence-corrected chi connectivity index (χ2v) is 10.3. The van der Waals surface area contributed by atoms with Crippen molar-refractivity contribution in [3.05, 3.63) is 30.1 Å². The van der Waals surface area contributed by atoms with Crippen LogP contribution in [0.25, 0.3) is 0 Å². The van der Waals surface area contributed by atoms with Crippen LogP contribution in [0.2, 0.25) is 0 Å². The van der Waals surface area contributed by atoms with Gasteiger partial charge in [0, 0.05) is 32.7 Å². The van der Waals surface area contributed by atoms with Gasteiger partial charge in [0.25, 0.3) is 0 Å². The summed E-state index contributed by atoms with van der Waals surface area (Å²) in [5.41, 5.74) is 1.10. The molecule has 5 fully saturated rings. The molecule has 5 aliphatic rings. The van der Waals surface area contributed by atoms with Gasteiger partial charge in [0.15, 0.2) is 0 Å². The Bertz CT molecular complexity index is 669. The van der Waals surface area contributed by atoms with E-state index in [9.17, 15) is 9.50 Å². The van der Waals surface area contributed by atoms with Crippen LogP contribution in [-0.2, 0) is 4.74 Å². The molecule has 1 atom stereocenters. The quantitative estimate of drug-likeness (QED) is 0.757. The van der Waals surface area contributed by atoms with Crippen molar-refractivity contribution in [1.82, 2.24) is 4.90 Å². The fourth-order valence-corrected chi connectivity index (χ4v) is 7.11. The first-order chi connectivity index (χ1) is 14.1. The summed E-state index contributed by atoms with van der Waals surface area (Å²) >= 11 is 0. The first-order valence-electron chi connectivity index (χ1n) is 11.6. The molecule has 0 unspecified atom stereocenters. The van der Waals surface area contributed by atoms with E-state index in [4.69, 9.17) is 4.74 Å². The standard InChI is InChI=1S/C24H35FN2O2/c25-22-3-1-2-4-23(22)27-7-5-26(6-8-27)15-21(28)16-29-17-24-12-18-9-19(13-24)11-20(10-18)14-24/h1-4,18-21,28H,5-17H2/t18?,19?,20?,21-,24?/m1/s1. The largest absolute Gasteiger partial charge is 0.389 e. The highest BCUT2D eigenvalue weighted by Crippen LogP contribution is 2.60. The topological polar surface area (TPSA) is 35.9 Å². The number of halogens is 1. The Labute approximate surface area is 174 Å². The van der Waals surface area contributed by atoms with Crippen LogP contribution >= 0.6 is 0 Å². The molecule has 1 N–H and O–H groups in total. The summed E-state index contributed by atoms with van der Waals surface area (Å²) in [6.07, 6.45) is 8.00. The molecule has 1 saturated heterocycles. The molecule has 4 bridgehead atoms. The third-order valence-electron chi connectivity index (χ3n) is 7.92. The Morgan fingerprint density at radius 2 is 1.62 bits per heavy atom. The summed E-state index contributed by atoms with van der Waals surface area (Å²) in [6, 6.07) is 6.98. The number of nitrogens with zero attached hydrogens (tertiary/aromatic N) is 2. The van der Waals surface area contributed by atoms with E-state index in [1.807, 2.05) is 12.1 Å². The van der Waals surface area contributed by atoms with Crippen molar-refractivity contribution in [2.75, 3.05) is 50.8 Å². The van der Waals surface area contributed by atoms with Gasteiger partial charge < -0.3 is 14.7 Å². The first-order valence-corrected chi connectivity index (χ1v) is 11.6. The van der Waals surface area contributed by atoms with Crippen molar-refractivity contribution in [3.63, 3.8) is 0 Å². The van der Waals surface area contributed by atoms with Gasteiger partial charge in [0.2, 0.25) is 0 Å². The van der Waals surface area contributed by atoms with Crippen molar-refractivity contribution in [3.8, 4) is 0 Å². The van der Waals surface area contributed by atoms with Gasteiger partial charge in [-0.05, 0) is 73.8 Å². The summed E-state index contributed by atoms with van der Waals surface area (Å²) in [5, 5.41) is 10.5. The zero-order valence-electron chi connectivity index (χ0n) is 17.4. The summed E-state index contributed by atoms with van der Waals surface area (Å²) in [4.78, 5) is 4.37. The zero-order chi connectivity index (χ0) is 19.8. The van der Waals surface area contributed by atoms with Gasteiger partial charge in [-0.15, -0.1) is 0 Å². The predicted octanol–water partition coefficient (Wildman–Crippen LogP) is 3.54. The van der Waals surface area contributed by atoms with E-state index in [0.29, 0.717) is 24.3 Å². The maximum atomic E-state index is 14.0. The van der Waals surface area contributed by atoms with E-state index >= 15 is 0 Å². The summed E-state index contributed by atoms with van der Waals surface area (Å²) in [7, 11) is 0. The van der Waals surface area contributed by atoms with Crippen LogP contribution in [0.5, 0.6) is 0 Å². The SMILES string of the molecule is O[C@@H](COCC12CC3CC(CC(C3)C1)C2)CN1CCN(c2ccccc2F)CC1. The zero-order valence-corrected chi connectivity index (χ0v) is 17.4. The lowest BCUT2D eigenvalue weighted by Gasteiger charge is -2.56. The van der Waals surface area contributed by atoms with E-state index in [-0.39, 0.29) is 5.82 Å². The van der Waals surface area contributed by atoms with Crippen LogP contribution in [0.15, 0.2) is 24.3 Å². The van der Waals surface area contributed by atoms with E-state index in [2.05, 4.69) is 9.80 Å². The Kier molecular flexibility index (Phi) is 5.57. The fourth-order valence-electron chi connectivity index (χ4n) is 7.11. The first kappa shape index (κ1) is 19.8. The number of para-hydroxylation sites is 1. The van der Waals surface area contributed by atoms with Gasteiger partial charge in [-0.1, -0.05) is 12.1 Å². The molecule has 1 heterocycles. The van der Waals surface area contributed by atoms with Crippen LogP contribution in [-0.4, -0.2) is 62.0 Å². The lowest BCUT2D eigenvalue weighted by molar-refractivity contribution is -0.107. The van der Waals surface area contributed by atoms with Gasteiger partial charge in [0.1, 0.15) is 5.82 Å². The van der Waals surface area contributed by atoms with Gasteiger partial charge in [-0.25, -0.2) is 4.39 Å². The maximum absolute atomic E-state index is 14.0. The molecule has 4 saturated carbocycles. The number of hydrogen-bond donors (Lipinski definition) is 1. The van der Waals surface area contributed by atoms with Crippen molar-refractivity contribution < 1.29 is 14.2 Å². The molecule has 0 spiro atoms. The van der Waals surface area contributed by atoms with Gasteiger partial charge in [-0.2, -0.15) is 0 Å². The molecule has 160 valence electrons. The van der Waals surface area contributed by atoms with Gasteiger partial charge in [0.05, 0.1) is 25.0 Å². The molecule has 6 rings (SSSR count). The Hall–Kier alpha value is -1.17. The Morgan fingerprint density at radius 3 is 2.24 bits per heavy atom. The molecular formula is C24H35FN2O2. The minimum atomic E-state index is -0.441. The van der Waals surface area contributed by atoms with Gasteiger partial charge >= 0.3 is 0 Å². The molecule has 0 radical (unpaired) electrons. The van der Waals surface area contributed by atoms with E-state index in [1.54, 1.807) is 6.07 Å². The van der Waals surface area contributed by atoms with Gasteiger partial charge in [-0.3, -0.25) is 4.90 Å². The molecule has 4 aliphatic carbocycles. The number of β-amino-alcohol motifs (C(OH)–C–C–N with tert-alkyl or cyclic N) is 1. The average Bonchev–Trinajstić information content (AvgIpc) is 2.68. The lowest BCUT2D eigenvalue weighted by atomic mass is 9.50. The van der Waals surface area contributed by atoms with Crippen molar-refractivity contribution >= 4 is 5.69 Å². The number of anilines is 1. The third-order valence-corrected chi connectivity index (χ3v) is 7.92. The molecule has 1 aromatic carbocycles. The highest BCUT2D eigenvalue weighted by atomic mass is 19.1. The smallest absolute Gasteiger partial charge is 0.146 e. The van der Waals surface area contributed by atoms with Crippen LogP contribution in [0.4, 0.5) is 10.1 Å². The monoisotopic (exact) mass is 402 g/mol. The molecular weight excluding hydrogens is 367 g/mol. The molecule has 4 nitrogen and oxygen atoms in total. The number of rotatable bonds is 7. The van der Waals surface area contributed by atoms with Crippen LogP contribution in [0.3, 0.4) is 0 Å². The molecule has 0 amide bonds. The number of aliphatic hydroxyl groups is 1. The third kappa shape index (κ3) is 4.33. The maximum Gasteiger partial charge on any atom is 0.146 e. The second kappa shape index (κ2) is 8.16. The average molecular weight is 403 g/mol. The Balaban J connectivity index is 1.04. The number of piperazine rings is 1. The van der Waals surface area contributed by atoms with Crippen molar-refractivity contribution in [1.29, 1.82) is 0 Å². The normalized spacial score (nSPS) is 35.2. The predicted molar refractivity (Wildman–Crippen MR) is 112 cm³/mol. The van der Waals surface area contributed by atoms with E-state index in [1.165, 1.54) is 44.6 Å². The number of aliphatic hydroxyl groups excluding tert-OH is 1. The minimum absolute atomic E-state index is 0.154. The number of ether oxygens (including phenoxy) is 1. The summed E-state index contributed by atoms with van der Waals surface area (Å²) < 4.78 is 20.1. The van der Waals surface area contributed by atoms with E-state index < -0.39 is 6.10 Å². The van der Waals surface area contributed by atoms with Crippen LogP contribution < -0.4 is 4.90 Å². The van der Waals surface area contributed by atoms with Crippen LogP contribution in [0, 0.1) is 29.0 Å². The lowest BCUT2D eigenvalue weighted by Crippen LogP contribution is -2.50. The molecule has 1 aliphatic heterocycles. The molecule has 5 heteroatoms. The van der Waals surface area contributed by atoms with Crippen LogP contribution in [0.1, 0.15) is 38.5 Å². The minimum Gasteiger partial charge on any atom is -0.389 e. The Morgan fingerprint density at radius 1 is 1.00 bits per heavy atom. The molecule has 0 aromatic heterocycles. The molecule has 29 heavy (non-hydrogen) atoms. The highest BCUT2D eigenvalue weighted by molar-refractivity contribution is 5.47. The fraction of sp³-hybridized carbons (Fsp3) is 0.750. The second-order valence-electron chi connectivity index (χ2n) is 10.3. The van der Waals surface area contributed by atoms with Crippen molar-refractivity contribution in [2.24, 2.45) is 23.2 Å². The highest BCUT2D eigenvalue weighted by Gasteiger charge is 2.50.